The van der Waals surface area contributed by atoms with Gasteiger partial charge in [0.2, 0.25) is 0 Å². The molecule has 1 rings (SSSR count). The van der Waals surface area contributed by atoms with Gasteiger partial charge in [-0.15, -0.1) is 0 Å². The monoisotopic (exact) mass is 160 g/mol. The summed E-state index contributed by atoms with van der Waals surface area (Å²) < 4.78 is 5.24. The van der Waals surface area contributed by atoms with Crippen LogP contribution < -0.4 is 4.74 Å². The maximum absolute atomic E-state index is 5.24. The van der Waals surface area contributed by atoms with Crippen LogP contribution in [-0.4, -0.2) is 0 Å². The van der Waals surface area contributed by atoms with Crippen molar-refractivity contribution in [2.24, 2.45) is 0 Å². The van der Waals surface area contributed by atoms with Crippen LogP contribution in [0.4, 0.5) is 0 Å². The molecule has 1 nitrogen and oxygen atoms in total. The van der Waals surface area contributed by atoms with E-state index in [2.05, 4.69) is 6.58 Å². The van der Waals surface area contributed by atoms with Crippen molar-refractivity contribution in [3.8, 4) is 5.75 Å². The molecule has 0 amide bonds. The quantitative estimate of drug-likeness (QED) is 0.617. The van der Waals surface area contributed by atoms with Crippen LogP contribution in [0.15, 0.2) is 43.2 Å². The normalized spacial score (nSPS) is 10.1. The molecule has 0 aromatic heterocycles. The lowest BCUT2D eigenvalue weighted by Crippen LogP contribution is -1.80. The lowest BCUT2D eigenvalue weighted by atomic mass is 10.2. The molecule has 0 saturated carbocycles. The molecule has 1 aromatic carbocycles. The predicted octanol–water partition coefficient (Wildman–Crippen LogP) is 3.24. The molecule has 0 atom stereocenters. The third-order valence-corrected chi connectivity index (χ3v) is 1.46. The van der Waals surface area contributed by atoms with Gasteiger partial charge in [-0.2, -0.15) is 0 Å². The molecule has 0 heterocycles. The Morgan fingerprint density at radius 2 is 1.92 bits per heavy atom. The number of ether oxygens (including phenoxy) is 1. The number of hydrogen-bond donors (Lipinski definition) is 0. The van der Waals surface area contributed by atoms with Crippen molar-refractivity contribution in [1.29, 1.82) is 0 Å². The molecule has 0 radical (unpaired) electrons. The standard InChI is InChI=1S/C11H12O/c1-3-9-12-11-7-5-10(4-2)6-8-11/h3-9H,2H2,1H3/b9-3+. The SMILES string of the molecule is C=Cc1ccc(O/C=C/C)cc1. The molecule has 0 bridgehead atoms. The zero-order chi connectivity index (χ0) is 8.81. The van der Waals surface area contributed by atoms with E-state index in [1.165, 1.54) is 0 Å². The molecule has 0 aliphatic rings. The summed E-state index contributed by atoms with van der Waals surface area (Å²) >= 11 is 0. The van der Waals surface area contributed by atoms with Crippen molar-refractivity contribution in [3.63, 3.8) is 0 Å². The van der Waals surface area contributed by atoms with Gasteiger partial charge in [0, 0.05) is 0 Å². The summed E-state index contributed by atoms with van der Waals surface area (Å²) in [6, 6.07) is 7.76. The van der Waals surface area contributed by atoms with E-state index in [9.17, 15) is 0 Å². The van der Waals surface area contributed by atoms with Gasteiger partial charge in [0.15, 0.2) is 0 Å². The van der Waals surface area contributed by atoms with Crippen LogP contribution in [0.1, 0.15) is 12.5 Å². The summed E-state index contributed by atoms with van der Waals surface area (Å²) in [6.45, 7) is 5.58. The van der Waals surface area contributed by atoms with E-state index in [0.29, 0.717) is 0 Å². The van der Waals surface area contributed by atoms with Crippen LogP contribution in [-0.2, 0) is 0 Å². The van der Waals surface area contributed by atoms with Gasteiger partial charge in [-0.05, 0) is 24.6 Å². The molecule has 0 aliphatic carbocycles. The Labute approximate surface area is 73.0 Å². The van der Waals surface area contributed by atoms with Crippen molar-refractivity contribution < 1.29 is 4.74 Å². The molecule has 0 fully saturated rings. The van der Waals surface area contributed by atoms with Crippen LogP contribution >= 0.6 is 0 Å². The van der Waals surface area contributed by atoms with E-state index >= 15 is 0 Å². The van der Waals surface area contributed by atoms with E-state index in [0.717, 1.165) is 11.3 Å². The second kappa shape index (κ2) is 4.39. The van der Waals surface area contributed by atoms with Gasteiger partial charge in [0.1, 0.15) is 5.75 Å². The average molecular weight is 160 g/mol. The van der Waals surface area contributed by atoms with Crippen molar-refractivity contribution in [3.05, 3.63) is 48.7 Å². The first-order valence-electron chi connectivity index (χ1n) is 3.87. The Kier molecular flexibility index (Phi) is 3.15. The predicted molar refractivity (Wildman–Crippen MR) is 52.0 cm³/mol. The molecule has 1 heteroatoms. The molecule has 0 saturated heterocycles. The van der Waals surface area contributed by atoms with Crippen molar-refractivity contribution in [2.45, 2.75) is 6.92 Å². The van der Waals surface area contributed by atoms with E-state index < -0.39 is 0 Å². The zero-order valence-corrected chi connectivity index (χ0v) is 7.16. The maximum atomic E-state index is 5.24. The fourth-order valence-electron chi connectivity index (χ4n) is 0.829. The smallest absolute Gasteiger partial charge is 0.126 e. The summed E-state index contributed by atoms with van der Waals surface area (Å²) in [5.41, 5.74) is 1.10. The lowest BCUT2D eigenvalue weighted by molar-refractivity contribution is 0.480. The summed E-state index contributed by atoms with van der Waals surface area (Å²) in [5.74, 6) is 0.846. The Morgan fingerprint density at radius 3 is 2.42 bits per heavy atom. The average Bonchev–Trinajstić information content (AvgIpc) is 2.15. The summed E-state index contributed by atoms with van der Waals surface area (Å²) in [7, 11) is 0. The van der Waals surface area contributed by atoms with E-state index in [1.54, 1.807) is 12.3 Å². The van der Waals surface area contributed by atoms with E-state index in [4.69, 9.17) is 4.74 Å². The minimum atomic E-state index is 0.846. The van der Waals surface area contributed by atoms with Gasteiger partial charge >= 0.3 is 0 Å². The van der Waals surface area contributed by atoms with Crippen LogP contribution in [0.5, 0.6) is 5.75 Å². The summed E-state index contributed by atoms with van der Waals surface area (Å²) in [5, 5.41) is 0. The maximum Gasteiger partial charge on any atom is 0.126 e. The lowest BCUT2D eigenvalue weighted by Gasteiger charge is -1.99. The van der Waals surface area contributed by atoms with Gasteiger partial charge in [-0.25, -0.2) is 0 Å². The number of benzene rings is 1. The highest BCUT2D eigenvalue weighted by molar-refractivity contribution is 5.48. The van der Waals surface area contributed by atoms with Gasteiger partial charge in [-0.3, -0.25) is 0 Å². The second-order valence-electron chi connectivity index (χ2n) is 2.36. The number of allylic oxidation sites excluding steroid dienone is 1. The first-order chi connectivity index (χ1) is 5.86. The summed E-state index contributed by atoms with van der Waals surface area (Å²) in [6.07, 6.45) is 5.31. The Hall–Kier alpha value is -1.50. The molecule has 62 valence electrons. The van der Waals surface area contributed by atoms with Crippen LogP contribution in [0, 0.1) is 0 Å². The van der Waals surface area contributed by atoms with E-state index in [1.807, 2.05) is 37.3 Å². The fraction of sp³-hybridized carbons (Fsp3) is 0.0909. The molecule has 12 heavy (non-hydrogen) atoms. The highest BCUT2D eigenvalue weighted by Gasteiger charge is 1.88. The molecule has 1 aromatic rings. The van der Waals surface area contributed by atoms with Crippen LogP contribution in [0.25, 0.3) is 6.08 Å². The first-order valence-corrected chi connectivity index (χ1v) is 3.87. The third kappa shape index (κ3) is 2.27. The Morgan fingerprint density at radius 1 is 1.25 bits per heavy atom. The minimum Gasteiger partial charge on any atom is -0.465 e. The van der Waals surface area contributed by atoms with Crippen molar-refractivity contribution in [2.75, 3.05) is 0 Å². The topological polar surface area (TPSA) is 9.23 Å². The first kappa shape index (κ1) is 8.60. The van der Waals surface area contributed by atoms with Gasteiger partial charge < -0.3 is 4.74 Å². The zero-order valence-electron chi connectivity index (χ0n) is 7.16. The Bertz CT molecular complexity index is 270. The summed E-state index contributed by atoms with van der Waals surface area (Å²) in [4.78, 5) is 0. The van der Waals surface area contributed by atoms with Crippen molar-refractivity contribution in [1.82, 2.24) is 0 Å². The third-order valence-electron chi connectivity index (χ3n) is 1.46. The minimum absolute atomic E-state index is 0.846. The van der Waals surface area contributed by atoms with Gasteiger partial charge in [0.25, 0.3) is 0 Å². The van der Waals surface area contributed by atoms with Crippen LogP contribution in [0.2, 0.25) is 0 Å². The highest BCUT2D eigenvalue weighted by Crippen LogP contribution is 2.12. The molecule has 0 N–H and O–H groups in total. The number of rotatable bonds is 3. The molecular formula is C11H12O. The van der Waals surface area contributed by atoms with Crippen molar-refractivity contribution >= 4 is 6.08 Å². The van der Waals surface area contributed by atoms with E-state index in [-0.39, 0.29) is 0 Å². The molecule has 0 unspecified atom stereocenters. The molecule has 0 aliphatic heterocycles. The largest absolute Gasteiger partial charge is 0.465 e. The second-order valence-corrected chi connectivity index (χ2v) is 2.36. The molecule has 0 spiro atoms. The Balaban J connectivity index is 2.70. The number of hydrogen-bond acceptors (Lipinski definition) is 1. The highest BCUT2D eigenvalue weighted by atomic mass is 16.5. The fourth-order valence-corrected chi connectivity index (χ4v) is 0.829. The van der Waals surface area contributed by atoms with Crippen LogP contribution in [0.3, 0.4) is 0 Å². The molecular weight excluding hydrogens is 148 g/mol. The van der Waals surface area contributed by atoms with Gasteiger partial charge in [0.05, 0.1) is 6.26 Å². The van der Waals surface area contributed by atoms with Gasteiger partial charge in [-0.1, -0.05) is 30.9 Å².